The number of aryl methyl sites for hydroxylation is 2. The monoisotopic (exact) mass is 570 g/mol. The highest BCUT2D eigenvalue weighted by atomic mass is 16.6. The van der Waals surface area contributed by atoms with Crippen LogP contribution in [0.4, 0.5) is 4.79 Å². The van der Waals surface area contributed by atoms with Gasteiger partial charge in [0.2, 0.25) is 5.91 Å². The minimum absolute atomic E-state index is 0.0229. The van der Waals surface area contributed by atoms with Gasteiger partial charge in [-0.3, -0.25) is 9.69 Å². The topological polar surface area (TPSA) is 67.9 Å². The van der Waals surface area contributed by atoms with Crippen molar-refractivity contribution in [3.63, 3.8) is 0 Å². The Hall–Kier alpha value is -3.64. The van der Waals surface area contributed by atoms with E-state index in [0.29, 0.717) is 19.6 Å². The Morgan fingerprint density at radius 1 is 0.810 bits per heavy atom. The van der Waals surface area contributed by atoms with Gasteiger partial charge in [-0.05, 0) is 76.0 Å². The summed E-state index contributed by atoms with van der Waals surface area (Å²) >= 11 is 0. The number of carbonyl (C=O) groups excluding carboxylic acids is 2. The van der Waals surface area contributed by atoms with Gasteiger partial charge in [0.05, 0.1) is 19.3 Å². The first kappa shape index (κ1) is 31.3. The van der Waals surface area contributed by atoms with Crippen LogP contribution in [0.1, 0.15) is 69.6 Å². The van der Waals surface area contributed by atoms with Gasteiger partial charge < -0.3 is 14.8 Å². The van der Waals surface area contributed by atoms with E-state index in [1.165, 1.54) is 11.1 Å². The summed E-state index contributed by atoms with van der Waals surface area (Å²) in [5, 5.41) is 3.33. The van der Waals surface area contributed by atoms with Crippen molar-refractivity contribution in [3.05, 3.63) is 108 Å². The molecule has 0 bridgehead atoms. The van der Waals surface area contributed by atoms with Gasteiger partial charge in [0.25, 0.3) is 0 Å². The van der Waals surface area contributed by atoms with Crippen molar-refractivity contribution in [1.29, 1.82) is 0 Å². The molecule has 224 valence electrons. The Bertz CT molecular complexity index is 1180. The number of rotatable bonds is 13. The summed E-state index contributed by atoms with van der Waals surface area (Å²) in [5.74, 6) is -0.129. The number of nitrogens with zero attached hydrogens (tertiary/aromatic N) is 1. The zero-order valence-electron chi connectivity index (χ0n) is 25.3. The summed E-state index contributed by atoms with van der Waals surface area (Å²) in [5.41, 5.74) is 3.01. The fourth-order valence-electron chi connectivity index (χ4n) is 5.46. The molecule has 1 fully saturated rings. The van der Waals surface area contributed by atoms with Crippen molar-refractivity contribution in [2.24, 2.45) is 0 Å². The fourth-order valence-corrected chi connectivity index (χ4v) is 5.46. The Morgan fingerprint density at radius 2 is 1.31 bits per heavy atom. The van der Waals surface area contributed by atoms with E-state index in [1.807, 2.05) is 63.2 Å². The lowest BCUT2D eigenvalue weighted by molar-refractivity contribution is -0.126. The van der Waals surface area contributed by atoms with Gasteiger partial charge in [0.15, 0.2) is 0 Å². The third-order valence-electron chi connectivity index (χ3n) is 7.59. The summed E-state index contributed by atoms with van der Waals surface area (Å²) in [6, 6.07) is 30.3. The summed E-state index contributed by atoms with van der Waals surface area (Å²) < 4.78 is 11.9. The summed E-state index contributed by atoms with van der Waals surface area (Å²) in [6.45, 7) is 6.29. The number of ether oxygens (including phenoxy) is 2. The molecular weight excluding hydrogens is 524 g/mol. The number of benzene rings is 3. The molecule has 1 heterocycles. The molecule has 0 saturated carbocycles. The third kappa shape index (κ3) is 10.3. The van der Waals surface area contributed by atoms with E-state index in [1.54, 1.807) is 4.90 Å². The Kier molecular flexibility index (Phi) is 11.6. The van der Waals surface area contributed by atoms with E-state index < -0.39 is 17.7 Å². The second kappa shape index (κ2) is 15.5. The molecule has 6 heteroatoms. The van der Waals surface area contributed by atoms with Crippen LogP contribution in [-0.2, 0) is 33.7 Å². The van der Waals surface area contributed by atoms with Gasteiger partial charge in [-0.1, -0.05) is 91.0 Å². The van der Waals surface area contributed by atoms with Crippen LogP contribution in [-0.4, -0.2) is 47.2 Å². The van der Waals surface area contributed by atoms with E-state index in [0.717, 1.165) is 44.1 Å². The number of amides is 2. The molecule has 0 unspecified atom stereocenters. The van der Waals surface area contributed by atoms with Gasteiger partial charge in [-0.25, -0.2) is 4.79 Å². The first-order valence-corrected chi connectivity index (χ1v) is 15.3. The van der Waals surface area contributed by atoms with Crippen molar-refractivity contribution in [2.75, 3.05) is 6.54 Å². The molecule has 1 aliphatic rings. The number of hydrogen-bond donors (Lipinski definition) is 1. The highest BCUT2D eigenvalue weighted by molar-refractivity contribution is 5.86. The van der Waals surface area contributed by atoms with Crippen molar-refractivity contribution in [1.82, 2.24) is 10.2 Å². The molecule has 0 radical (unpaired) electrons. The van der Waals surface area contributed by atoms with Crippen LogP contribution in [0.15, 0.2) is 91.0 Å². The Labute approximate surface area is 251 Å². The largest absolute Gasteiger partial charge is 0.444 e. The number of likely N-dealkylation sites (tertiary alicyclic amines) is 1. The van der Waals surface area contributed by atoms with Crippen molar-refractivity contribution >= 4 is 12.0 Å². The number of carbonyl (C=O) groups is 2. The van der Waals surface area contributed by atoms with Crippen LogP contribution in [0.3, 0.4) is 0 Å². The highest BCUT2D eigenvalue weighted by Gasteiger charge is 2.42. The lowest BCUT2D eigenvalue weighted by atomic mass is 9.98. The van der Waals surface area contributed by atoms with Gasteiger partial charge >= 0.3 is 6.09 Å². The van der Waals surface area contributed by atoms with Crippen LogP contribution >= 0.6 is 0 Å². The fraction of sp³-hybridized carbons (Fsp3) is 0.444. The number of hydrogen-bond acceptors (Lipinski definition) is 4. The lowest BCUT2D eigenvalue weighted by Gasteiger charge is -2.29. The van der Waals surface area contributed by atoms with Crippen LogP contribution < -0.4 is 5.32 Å². The predicted octanol–water partition coefficient (Wildman–Crippen LogP) is 7.11. The molecule has 0 aromatic heterocycles. The molecule has 3 aromatic carbocycles. The van der Waals surface area contributed by atoms with Crippen LogP contribution in [0, 0.1) is 0 Å². The second-order valence-electron chi connectivity index (χ2n) is 12.3. The second-order valence-corrected chi connectivity index (χ2v) is 12.3. The van der Waals surface area contributed by atoms with Crippen LogP contribution in [0.5, 0.6) is 0 Å². The van der Waals surface area contributed by atoms with E-state index in [9.17, 15) is 9.59 Å². The van der Waals surface area contributed by atoms with Gasteiger partial charge in [0.1, 0.15) is 11.6 Å². The highest BCUT2D eigenvalue weighted by Crippen LogP contribution is 2.25. The van der Waals surface area contributed by atoms with Crippen molar-refractivity contribution in [3.8, 4) is 0 Å². The van der Waals surface area contributed by atoms with Crippen LogP contribution in [0.25, 0.3) is 0 Å². The molecule has 6 nitrogen and oxygen atoms in total. The summed E-state index contributed by atoms with van der Waals surface area (Å²) in [7, 11) is 0. The van der Waals surface area contributed by atoms with Crippen molar-refractivity contribution < 1.29 is 19.1 Å². The molecule has 2 atom stereocenters. The summed E-state index contributed by atoms with van der Waals surface area (Å²) in [4.78, 5) is 28.6. The molecule has 1 saturated heterocycles. The molecule has 0 aliphatic carbocycles. The SMILES string of the molecule is CC(C)(C)OC(=O)N1C[C@@H](OCc2ccccc2)C[C@H]1C(=O)NC(CCCc1ccccc1)CCCc1ccccc1. The first-order chi connectivity index (χ1) is 20.3. The average Bonchev–Trinajstić information content (AvgIpc) is 3.42. The van der Waals surface area contributed by atoms with Gasteiger partial charge in [0, 0.05) is 12.5 Å². The van der Waals surface area contributed by atoms with E-state index >= 15 is 0 Å². The first-order valence-electron chi connectivity index (χ1n) is 15.3. The van der Waals surface area contributed by atoms with E-state index in [-0.39, 0.29) is 18.1 Å². The van der Waals surface area contributed by atoms with E-state index in [2.05, 4.69) is 53.8 Å². The normalized spacial score (nSPS) is 16.9. The van der Waals surface area contributed by atoms with Crippen LogP contribution in [0.2, 0.25) is 0 Å². The molecule has 1 aliphatic heterocycles. The molecule has 2 amide bonds. The third-order valence-corrected chi connectivity index (χ3v) is 7.59. The van der Waals surface area contributed by atoms with E-state index in [4.69, 9.17) is 9.47 Å². The minimum Gasteiger partial charge on any atom is -0.444 e. The minimum atomic E-state index is -0.654. The zero-order valence-corrected chi connectivity index (χ0v) is 25.3. The quantitative estimate of drug-likeness (QED) is 0.238. The van der Waals surface area contributed by atoms with Gasteiger partial charge in [-0.15, -0.1) is 0 Å². The number of nitrogens with one attached hydrogen (secondary N) is 1. The van der Waals surface area contributed by atoms with Gasteiger partial charge in [-0.2, -0.15) is 0 Å². The standard InChI is InChI=1S/C36H46N2O4/c1-36(2,3)42-35(40)38-26-32(41-27-30-19-11-6-12-20-30)25-33(38)34(39)37-31(23-13-21-28-15-7-4-8-16-28)24-14-22-29-17-9-5-10-18-29/h4-12,15-20,31-33H,13-14,21-27H2,1-3H3,(H,37,39)/t32-,33-/m0/s1. The molecule has 1 N–H and O–H groups in total. The Balaban J connectivity index is 1.41. The maximum atomic E-state index is 13.8. The Morgan fingerprint density at radius 3 is 1.81 bits per heavy atom. The molecule has 3 aromatic rings. The zero-order chi connectivity index (χ0) is 29.8. The maximum absolute atomic E-state index is 13.8. The molecule has 4 rings (SSSR count). The molecule has 42 heavy (non-hydrogen) atoms. The molecular formula is C36H46N2O4. The smallest absolute Gasteiger partial charge is 0.411 e. The van der Waals surface area contributed by atoms with Crippen molar-refractivity contribution in [2.45, 2.75) is 96.1 Å². The summed E-state index contributed by atoms with van der Waals surface area (Å²) in [6.07, 6.45) is 5.36. The lowest BCUT2D eigenvalue weighted by Crippen LogP contribution is -2.50. The maximum Gasteiger partial charge on any atom is 0.411 e. The molecule has 0 spiro atoms. The average molecular weight is 571 g/mol. The predicted molar refractivity (Wildman–Crippen MR) is 167 cm³/mol.